The van der Waals surface area contributed by atoms with Gasteiger partial charge in [-0.1, -0.05) is 0 Å². The van der Waals surface area contributed by atoms with E-state index in [9.17, 15) is 5.11 Å². The summed E-state index contributed by atoms with van der Waals surface area (Å²) in [6.07, 6.45) is 5.30. The van der Waals surface area contributed by atoms with E-state index in [-0.39, 0.29) is 18.1 Å². The van der Waals surface area contributed by atoms with E-state index in [0.717, 1.165) is 44.0 Å². The maximum absolute atomic E-state index is 9.76. The van der Waals surface area contributed by atoms with E-state index >= 15 is 0 Å². The Morgan fingerprint density at radius 1 is 1.52 bits per heavy atom. The highest BCUT2D eigenvalue weighted by Crippen LogP contribution is 2.28. The molecule has 8 nitrogen and oxygen atoms in total. The first-order valence-electron chi connectivity index (χ1n) is 8.27. The predicted molar refractivity (Wildman–Crippen MR) is 86.2 cm³/mol. The summed E-state index contributed by atoms with van der Waals surface area (Å²) in [7, 11) is 1.77. The molecule has 1 unspecified atom stereocenters. The molecule has 1 fully saturated rings. The summed E-state index contributed by atoms with van der Waals surface area (Å²) in [5.41, 5.74) is -0.110. The second-order valence-electron chi connectivity index (χ2n) is 6.43. The molecule has 0 radical (unpaired) electrons. The Labute approximate surface area is 136 Å². The van der Waals surface area contributed by atoms with Gasteiger partial charge in [0.25, 0.3) is 0 Å². The molecule has 3 N–H and O–H groups in total. The summed E-state index contributed by atoms with van der Waals surface area (Å²) in [5, 5.41) is 20.8. The Balaban J connectivity index is 1.52. The summed E-state index contributed by atoms with van der Waals surface area (Å²) < 4.78 is 7.35. The number of hydrogen-bond acceptors (Lipinski definition) is 5. The Bertz CT molecular complexity index is 538. The number of aliphatic hydroxyl groups is 1. The number of aliphatic imine (C=N–C) groups is 1. The minimum absolute atomic E-state index is 0.110. The van der Waals surface area contributed by atoms with Gasteiger partial charge in [-0.25, -0.2) is 9.67 Å². The van der Waals surface area contributed by atoms with Gasteiger partial charge in [0.1, 0.15) is 12.2 Å². The van der Waals surface area contributed by atoms with Gasteiger partial charge in [0.05, 0.1) is 13.2 Å². The van der Waals surface area contributed by atoms with Crippen molar-refractivity contribution in [3.8, 4) is 0 Å². The lowest BCUT2D eigenvalue weighted by atomic mass is 9.81. The minimum atomic E-state index is -0.110. The average molecular weight is 322 g/mol. The van der Waals surface area contributed by atoms with E-state index in [1.165, 1.54) is 0 Å². The molecule has 0 amide bonds. The molecule has 8 heteroatoms. The highest BCUT2D eigenvalue weighted by molar-refractivity contribution is 5.80. The van der Waals surface area contributed by atoms with Crippen molar-refractivity contribution in [1.29, 1.82) is 0 Å². The van der Waals surface area contributed by atoms with Crippen LogP contribution in [0.5, 0.6) is 0 Å². The first kappa shape index (κ1) is 16.2. The lowest BCUT2D eigenvalue weighted by Crippen LogP contribution is -2.51. The van der Waals surface area contributed by atoms with Crippen molar-refractivity contribution in [2.45, 2.75) is 38.3 Å². The molecule has 1 aromatic rings. The van der Waals surface area contributed by atoms with Gasteiger partial charge in [0.15, 0.2) is 5.96 Å². The van der Waals surface area contributed by atoms with Crippen LogP contribution in [0.3, 0.4) is 0 Å². The lowest BCUT2D eigenvalue weighted by molar-refractivity contribution is -0.0132. The Morgan fingerprint density at radius 3 is 3.09 bits per heavy atom. The molecule has 0 spiro atoms. The molecular formula is C15H26N6O2. The number of aromatic nitrogens is 3. The van der Waals surface area contributed by atoms with Gasteiger partial charge < -0.3 is 20.5 Å². The topological polar surface area (TPSA) is 96.6 Å². The monoisotopic (exact) mass is 322 g/mol. The Morgan fingerprint density at radius 2 is 2.35 bits per heavy atom. The van der Waals surface area contributed by atoms with Crippen molar-refractivity contribution in [2.75, 3.05) is 33.4 Å². The van der Waals surface area contributed by atoms with E-state index in [2.05, 4.69) is 25.7 Å². The molecule has 23 heavy (non-hydrogen) atoms. The van der Waals surface area contributed by atoms with Crippen LogP contribution in [-0.4, -0.2) is 65.3 Å². The maximum Gasteiger partial charge on any atom is 0.191 e. The molecule has 1 saturated heterocycles. The van der Waals surface area contributed by atoms with Crippen LogP contribution >= 0.6 is 0 Å². The Kier molecular flexibility index (Phi) is 5.12. The fraction of sp³-hybridized carbons (Fsp3) is 0.800. The summed E-state index contributed by atoms with van der Waals surface area (Å²) in [4.78, 5) is 8.56. The standard InChI is InChI=1S/C15H26N6O2/c1-16-14(17-9-15(10-22)4-6-23-7-5-15)20-12-2-3-13-18-11-19-21(13)8-12/h11-12,22H,2-10H2,1H3,(H2,16,17,20). The van der Waals surface area contributed by atoms with Crippen LogP contribution in [0, 0.1) is 5.41 Å². The van der Waals surface area contributed by atoms with E-state index in [0.29, 0.717) is 19.8 Å². The number of aliphatic hydroxyl groups excluding tert-OH is 1. The largest absolute Gasteiger partial charge is 0.396 e. The van der Waals surface area contributed by atoms with Crippen molar-refractivity contribution in [1.82, 2.24) is 25.4 Å². The zero-order valence-electron chi connectivity index (χ0n) is 13.7. The van der Waals surface area contributed by atoms with E-state index in [4.69, 9.17) is 4.74 Å². The number of aryl methyl sites for hydroxylation is 1. The first-order chi connectivity index (χ1) is 11.2. The maximum atomic E-state index is 9.76. The fourth-order valence-corrected chi connectivity index (χ4v) is 3.21. The number of nitrogens with zero attached hydrogens (tertiary/aromatic N) is 4. The highest BCUT2D eigenvalue weighted by atomic mass is 16.5. The van der Waals surface area contributed by atoms with Crippen LogP contribution in [0.25, 0.3) is 0 Å². The zero-order chi connectivity index (χ0) is 16.1. The second kappa shape index (κ2) is 7.27. The molecule has 3 heterocycles. The smallest absolute Gasteiger partial charge is 0.191 e. The van der Waals surface area contributed by atoms with Gasteiger partial charge in [-0.15, -0.1) is 0 Å². The fourth-order valence-electron chi connectivity index (χ4n) is 3.21. The second-order valence-corrected chi connectivity index (χ2v) is 6.43. The average Bonchev–Trinajstić information content (AvgIpc) is 3.07. The Hall–Kier alpha value is -1.67. The lowest BCUT2D eigenvalue weighted by Gasteiger charge is -2.36. The van der Waals surface area contributed by atoms with Gasteiger partial charge in [0, 0.05) is 44.7 Å². The molecule has 3 rings (SSSR count). The molecule has 2 aliphatic rings. The third kappa shape index (κ3) is 3.81. The van der Waals surface area contributed by atoms with Gasteiger partial charge in [-0.05, 0) is 19.3 Å². The summed E-state index contributed by atoms with van der Waals surface area (Å²) in [5.74, 6) is 1.82. The molecule has 128 valence electrons. The van der Waals surface area contributed by atoms with Crippen molar-refractivity contribution in [3.63, 3.8) is 0 Å². The number of hydrogen-bond donors (Lipinski definition) is 3. The van der Waals surface area contributed by atoms with Crippen LogP contribution < -0.4 is 10.6 Å². The number of fused-ring (bicyclic) bond motifs is 1. The number of nitrogens with one attached hydrogen (secondary N) is 2. The highest BCUT2D eigenvalue weighted by Gasteiger charge is 2.32. The van der Waals surface area contributed by atoms with E-state index < -0.39 is 0 Å². The van der Waals surface area contributed by atoms with Crippen LogP contribution in [0.1, 0.15) is 25.1 Å². The molecule has 0 aliphatic carbocycles. The molecule has 2 aliphatic heterocycles. The molecule has 0 bridgehead atoms. The molecule has 1 aromatic heterocycles. The third-order valence-electron chi connectivity index (χ3n) is 4.89. The summed E-state index contributed by atoms with van der Waals surface area (Å²) in [6, 6.07) is 0.287. The van der Waals surface area contributed by atoms with Crippen LogP contribution in [0.2, 0.25) is 0 Å². The zero-order valence-corrected chi connectivity index (χ0v) is 13.7. The van der Waals surface area contributed by atoms with E-state index in [1.54, 1.807) is 13.4 Å². The molecule has 0 saturated carbocycles. The van der Waals surface area contributed by atoms with E-state index in [1.807, 2.05) is 4.68 Å². The van der Waals surface area contributed by atoms with Crippen molar-refractivity contribution in [2.24, 2.45) is 10.4 Å². The summed E-state index contributed by atoms with van der Waals surface area (Å²) >= 11 is 0. The quantitative estimate of drug-likeness (QED) is 0.513. The van der Waals surface area contributed by atoms with Gasteiger partial charge in [-0.2, -0.15) is 5.10 Å². The van der Waals surface area contributed by atoms with Crippen molar-refractivity contribution >= 4 is 5.96 Å². The van der Waals surface area contributed by atoms with Gasteiger partial charge >= 0.3 is 0 Å². The van der Waals surface area contributed by atoms with Crippen molar-refractivity contribution in [3.05, 3.63) is 12.2 Å². The number of rotatable bonds is 4. The van der Waals surface area contributed by atoms with Gasteiger partial charge in [0.2, 0.25) is 0 Å². The normalized spacial score (nSPS) is 24.1. The molecule has 0 aromatic carbocycles. The minimum Gasteiger partial charge on any atom is -0.396 e. The summed E-state index contributed by atoms with van der Waals surface area (Å²) in [6.45, 7) is 3.10. The number of guanidine groups is 1. The van der Waals surface area contributed by atoms with Crippen molar-refractivity contribution < 1.29 is 9.84 Å². The third-order valence-corrected chi connectivity index (χ3v) is 4.89. The van der Waals surface area contributed by atoms with Crippen LogP contribution in [-0.2, 0) is 17.7 Å². The SMILES string of the molecule is CN=C(NCC1(CO)CCOCC1)NC1CCc2ncnn2C1. The van der Waals surface area contributed by atoms with Crippen LogP contribution in [0.15, 0.2) is 11.3 Å². The first-order valence-corrected chi connectivity index (χ1v) is 8.27. The number of ether oxygens (including phenoxy) is 1. The molecule has 1 atom stereocenters. The molecular weight excluding hydrogens is 296 g/mol. The predicted octanol–water partition coefficient (Wildman–Crippen LogP) is -0.453. The van der Waals surface area contributed by atoms with Gasteiger partial charge in [-0.3, -0.25) is 4.99 Å². The van der Waals surface area contributed by atoms with Crippen LogP contribution in [0.4, 0.5) is 0 Å².